The van der Waals surface area contributed by atoms with Crippen LogP contribution >= 0.6 is 23.2 Å². The summed E-state index contributed by atoms with van der Waals surface area (Å²) < 4.78 is 32.9. The number of nitrogens with zero attached hydrogens (tertiary/aromatic N) is 1. The van der Waals surface area contributed by atoms with Crippen LogP contribution < -0.4 is 9.64 Å². The third kappa shape index (κ3) is 4.05. The average Bonchev–Trinajstić information content (AvgIpc) is 3.06. The molecular weight excluding hydrogens is 475 g/mol. The molecule has 5 nitrogen and oxygen atoms in total. The summed E-state index contributed by atoms with van der Waals surface area (Å²) in [5, 5.41) is 11.3. The first kappa shape index (κ1) is 22.8. The van der Waals surface area contributed by atoms with Gasteiger partial charge in [-0.2, -0.15) is 0 Å². The van der Waals surface area contributed by atoms with Gasteiger partial charge in [0.05, 0.1) is 29.3 Å². The minimum Gasteiger partial charge on any atom is -0.507 e. The third-order valence-electron chi connectivity index (χ3n) is 5.23. The molecule has 0 bridgehead atoms. The van der Waals surface area contributed by atoms with Crippen LogP contribution in [0.25, 0.3) is 5.76 Å². The maximum absolute atomic E-state index is 14.0. The van der Waals surface area contributed by atoms with Gasteiger partial charge in [-0.1, -0.05) is 35.3 Å². The Hall–Kier alpha value is -3.42. The summed E-state index contributed by atoms with van der Waals surface area (Å²) in [5.74, 6) is -3.90. The molecule has 0 aromatic heterocycles. The second kappa shape index (κ2) is 8.84. The van der Waals surface area contributed by atoms with Crippen LogP contribution in [-0.2, 0) is 9.59 Å². The molecule has 0 spiro atoms. The van der Waals surface area contributed by atoms with Crippen molar-refractivity contribution < 1.29 is 28.2 Å². The number of amides is 1. The number of hydrogen-bond donors (Lipinski definition) is 1. The van der Waals surface area contributed by atoms with E-state index in [1.807, 2.05) is 0 Å². The number of carbonyl (C=O) groups is 2. The van der Waals surface area contributed by atoms with Crippen LogP contribution in [0.3, 0.4) is 0 Å². The molecule has 1 N–H and O–H groups in total. The maximum Gasteiger partial charge on any atom is 0.300 e. The third-order valence-corrected chi connectivity index (χ3v) is 5.77. The molecule has 1 aliphatic rings. The molecular formula is C24H15Cl2F2NO4. The molecule has 1 heterocycles. The second-order valence-electron chi connectivity index (χ2n) is 7.16. The summed E-state index contributed by atoms with van der Waals surface area (Å²) in [7, 11) is 1.32. The predicted octanol–water partition coefficient (Wildman–Crippen LogP) is 5.91. The van der Waals surface area contributed by atoms with Crippen LogP contribution in [0.4, 0.5) is 14.5 Å². The Kier molecular flexibility index (Phi) is 6.10. The van der Waals surface area contributed by atoms with Crippen LogP contribution in [0, 0.1) is 11.6 Å². The number of benzene rings is 3. The number of ketones is 1. The summed E-state index contributed by atoms with van der Waals surface area (Å²) in [6, 6.07) is 12.1. The zero-order chi connectivity index (χ0) is 23.9. The van der Waals surface area contributed by atoms with E-state index in [1.165, 1.54) is 25.3 Å². The lowest BCUT2D eigenvalue weighted by Gasteiger charge is -2.26. The number of hydrogen-bond acceptors (Lipinski definition) is 4. The molecule has 33 heavy (non-hydrogen) atoms. The van der Waals surface area contributed by atoms with Gasteiger partial charge in [0, 0.05) is 10.7 Å². The van der Waals surface area contributed by atoms with Gasteiger partial charge >= 0.3 is 0 Å². The fourth-order valence-corrected chi connectivity index (χ4v) is 4.01. The Morgan fingerprint density at radius 1 is 1.00 bits per heavy atom. The van der Waals surface area contributed by atoms with Gasteiger partial charge in [0.15, 0.2) is 0 Å². The van der Waals surface area contributed by atoms with Crippen molar-refractivity contribution in [2.45, 2.75) is 6.04 Å². The highest BCUT2D eigenvalue weighted by atomic mass is 35.5. The van der Waals surface area contributed by atoms with Gasteiger partial charge in [-0.05, 0) is 54.1 Å². The molecule has 1 amide bonds. The molecule has 3 aromatic carbocycles. The lowest BCUT2D eigenvalue weighted by Crippen LogP contribution is -2.29. The summed E-state index contributed by atoms with van der Waals surface area (Å²) in [6.45, 7) is 0. The Bertz CT molecular complexity index is 1310. The molecule has 9 heteroatoms. The first-order valence-corrected chi connectivity index (χ1v) is 10.3. The highest BCUT2D eigenvalue weighted by Gasteiger charge is 2.47. The first-order chi connectivity index (χ1) is 15.7. The van der Waals surface area contributed by atoms with E-state index in [-0.39, 0.29) is 27.6 Å². The van der Waals surface area contributed by atoms with Gasteiger partial charge in [-0.15, -0.1) is 0 Å². The molecule has 1 unspecified atom stereocenters. The van der Waals surface area contributed by atoms with E-state index in [4.69, 9.17) is 27.9 Å². The highest BCUT2D eigenvalue weighted by Crippen LogP contribution is 2.44. The topological polar surface area (TPSA) is 66.8 Å². The molecule has 4 rings (SSSR count). The number of ether oxygens (including phenoxy) is 1. The van der Waals surface area contributed by atoms with Gasteiger partial charge in [0.25, 0.3) is 11.7 Å². The molecule has 0 saturated carbocycles. The normalized spacial score (nSPS) is 17.5. The Labute approximate surface area is 197 Å². The van der Waals surface area contributed by atoms with E-state index < -0.39 is 35.1 Å². The van der Waals surface area contributed by atoms with E-state index in [1.54, 1.807) is 24.3 Å². The van der Waals surface area contributed by atoms with Crippen LogP contribution in [0.1, 0.15) is 17.2 Å². The number of carbonyl (C=O) groups excluding carboxylic acids is 2. The minimum atomic E-state index is -1.13. The number of rotatable bonds is 4. The van der Waals surface area contributed by atoms with E-state index in [9.17, 15) is 23.5 Å². The summed E-state index contributed by atoms with van der Waals surface area (Å²) in [6.07, 6.45) is 0. The monoisotopic (exact) mass is 489 g/mol. The molecule has 0 aliphatic carbocycles. The van der Waals surface area contributed by atoms with Crippen molar-refractivity contribution in [1.82, 2.24) is 0 Å². The lowest BCUT2D eigenvalue weighted by molar-refractivity contribution is -0.132. The van der Waals surface area contributed by atoms with Crippen LogP contribution in [0.15, 0.2) is 66.2 Å². The fourth-order valence-electron chi connectivity index (χ4n) is 3.70. The summed E-state index contributed by atoms with van der Waals surface area (Å²) in [5.41, 5.74) is 0.156. The number of aliphatic hydroxyl groups excluding tert-OH is 1. The van der Waals surface area contributed by atoms with E-state index >= 15 is 0 Å². The fraction of sp³-hybridized carbons (Fsp3) is 0.0833. The molecule has 1 atom stereocenters. The van der Waals surface area contributed by atoms with Crippen molar-refractivity contribution in [3.8, 4) is 5.75 Å². The maximum atomic E-state index is 14.0. The average molecular weight is 490 g/mol. The zero-order valence-electron chi connectivity index (χ0n) is 17.0. The number of aliphatic hydroxyl groups is 1. The van der Waals surface area contributed by atoms with Gasteiger partial charge in [0.1, 0.15) is 23.1 Å². The van der Waals surface area contributed by atoms with Gasteiger partial charge in [0.2, 0.25) is 0 Å². The quantitative estimate of drug-likeness (QED) is 0.281. The molecule has 3 aromatic rings. The van der Waals surface area contributed by atoms with Crippen molar-refractivity contribution in [1.29, 1.82) is 0 Å². The molecule has 1 saturated heterocycles. The van der Waals surface area contributed by atoms with Gasteiger partial charge in [-0.25, -0.2) is 8.78 Å². The largest absolute Gasteiger partial charge is 0.507 e. The van der Waals surface area contributed by atoms with E-state index in [2.05, 4.69) is 0 Å². The molecule has 1 aliphatic heterocycles. The number of methoxy groups -OCH3 is 1. The minimum absolute atomic E-state index is 0.0970. The summed E-state index contributed by atoms with van der Waals surface area (Å²) >= 11 is 11.9. The Morgan fingerprint density at radius 3 is 2.33 bits per heavy atom. The van der Waals surface area contributed by atoms with Crippen LogP contribution in [0.5, 0.6) is 5.75 Å². The second-order valence-corrected chi connectivity index (χ2v) is 8.01. The van der Waals surface area contributed by atoms with E-state index in [0.717, 1.165) is 23.1 Å². The Morgan fingerprint density at radius 2 is 1.70 bits per heavy atom. The Balaban J connectivity index is 1.99. The molecule has 0 radical (unpaired) electrons. The predicted molar refractivity (Wildman–Crippen MR) is 121 cm³/mol. The first-order valence-electron chi connectivity index (χ1n) is 9.58. The highest BCUT2D eigenvalue weighted by molar-refractivity contribution is 6.52. The summed E-state index contributed by atoms with van der Waals surface area (Å²) in [4.78, 5) is 27.3. The van der Waals surface area contributed by atoms with Gasteiger partial charge in [-0.3, -0.25) is 14.5 Å². The SMILES string of the molecule is COc1ccc(F)cc1/C(O)=C1\C(=O)C(=O)N(c2ccc(F)c(Cl)c2)C1c1ccc(Cl)cc1. The van der Waals surface area contributed by atoms with Crippen molar-refractivity contribution >= 4 is 46.3 Å². The van der Waals surface area contributed by atoms with E-state index in [0.29, 0.717) is 10.6 Å². The standard InChI is InChI=1S/C24H15Cl2F2NO4/c1-33-19-9-6-14(27)10-16(19)22(30)20-21(12-2-4-13(25)5-3-12)29(24(32)23(20)31)15-7-8-18(28)17(26)11-15/h2-11,21,30H,1H3/b22-20+. The molecule has 1 fully saturated rings. The van der Waals surface area contributed by atoms with Crippen LogP contribution in [-0.4, -0.2) is 23.9 Å². The number of anilines is 1. The van der Waals surface area contributed by atoms with Crippen molar-refractivity contribution in [3.63, 3.8) is 0 Å². The van der Waals surface area contributed by atoms with Crippen molar-refractivity contribution in [2.24, 2.45) is 0 Å². The molecule has 168 valence electrons. The van der Waals surface area contributed by atoms with Crippen molar-refractivity contribution in [3.05, 3.63) is 99.0 Å². The smallest absolute Gasteiger partial charge is 0.300 e. The lowest BCUT2D eigenvalue weighted by atomic mass is 9.95. The van der Waals surface area contributed by atoms with Gasteiger partial charge < -0.3 is 9.84 Å². The number of Topliss-reactive ketones (excluding diaryl/α,β-unsaturated/α-hetero) is 1. The number of halogens is 4. The zero-order valence-corrected chi connectivity index (χ0v) is 18.5. The van der Waals surface area contributed by atoms with Crippen molar-refractivity contribution in [2.75, 3.05) is 12.0 Å². The van der Waals surface area contributed by atoms with Crippen LogP contribution in [0.2, 0.25) is 10.0 Å².